The average molecular weight is 331 g/mol. The Morgan fingerprint density at radius 1 is 0.727 bits per heavy atom. The summed E-state index contributed by atoms with van der Waals surface area (Å²) < 4.78 is 0.218. The first-order chi connectivity index (χ1) is 10.1. The fourth-order valence-electron chi connectivity index (χ4n) is 2.08. The van der Waals surface area contributed by atoms with Crippen LogP contribution in [-0.4, -0.2) is 4.75 Å². The van der Waals surface area contributed by atoms with Crippen molar-refractivity contribution >= 4 is 23.5 Å². The Labute approximate surface area is 144 Å². The largest absolute Gasteiger partial charge is 0.119 e. The maximum absolute atomic E-state index is 2.37. The van der Waals surface area contributed by atoms with Gasteiger partial charge in [-0.05, 0) is 35.2 Å². The summed E-state index contributed by atoms with van der Waals surface area (Å²) in [5.74, 6) is 0. The van der Waals surface area contributed by atoms with Crippen molar-refractivity contribution in [2.24, 2.45) is 0 Å². The molecule has 0 aliphatic carbocycles. The predicted octanol–water partition coefficient (Wildman–Crippen LogP) is 7.03. The highest BCUT2D eigenvalue weighted by molar-refractivity contribution is 8.03. The zero-order chi connectivity index (χ0) is 16.4. The predicted molar refractivity (Wildman–Crippen MR) is 101 cm³/mol. The minimum Gasteiger partial charge on any atom is -0.119 e. The van der Waals surface area contributed by atoms with Crippen molar-refractivity contribution in [2.75, 3.05) is 0 Å². The molecule has 0 radical (unpaired) electrons. The summed E-state index contributed by atoms with van der Waals surface area (Å²) in [6.45, 7) is 13.6. The molecule has 0 bridgehead atoms. The van der Waals surface area contributed by atoms with Gasteiger partial charge in [0.15, 0.2) is 0 Å². The summed E-state index contributed by atoms with van der Waals surface area (Å²) in [4.78, 5) is 4.03. The first-order valence-electron chi connectivity index (χ1n) is 7.72. The Kier molecular flexibility index (Phi) is 5.34. The molecule has 118 valence electrons. The molecule has 0 aromatic heterocycles. The van der Waals surface area contributed by atoms with Crippen LogP contribution in [0.2, 0.25) is 0 Å². The van der Waals surface area contributed by atoms with Crippen LogP contribution in [0.25, 0.3) is 0 Å². The van der Waals surface area contributed by atoms with E-state index in [9.17, 15) is 0 Å². The van der Waals surface area contributed by atoms with E-state index in [0.29, 0.717) is 0 Å². The van der Waals surface area contributed by atoms with Crippen LogP contribution >= 0.6 is 23.5 Å². The molecule has 0 atom stereocenters. The van der Waals surface area contributed by atoms with Crippen molar-refractivity contribution in [1.82, 2.24) is 0 Å². The molecule has 0 saturated carbocycles. The first kappa shape index (κ1) is 17.5. The maximum atomic E-state index is 2.37. The molecular weight excluding hydrogens is 304 g/mol. The quantitative estimate of drug-likeness (QED) is 0.554. The van der Waals surface area contributed by atoms with Gasteiger partial charge in [-0.25, -0.2) is 0 Å². The number of hydrogen-bond acceptors (Lipinski definition) is 2. The zero-order valence-corrected chi connectivity index (χ0v) is 16.1. The Balaban J connectivity index is 2.41. The van der Waals surface area contributed by atoms with Crippen LogP contribution in [0.5, 0.6) is 0 Å². The maximum Gasteiger partial charge on any atom is 0.0261 e. The summed E-state index contributed by atoms with van der Waals surface area (Å²) >= 11 is 3.81. The van der Waals surface area contributed by atoms with E-state index < -0.39 is 0 Å². The van der Waals surface area contributed by atoms with Crippen LogP contribution in [0, 0.1) is 0 Å². The smallest absolute Gasteiger partial charge is 0.0261 e. The number of thioether (sulfide) groups is 1. The summed E-state index contributed by atoms with van der Waals surface area (Å²) in [6.07, 6.45) is 0. The zero-order valence-electron chi connectivity index (χ0n) is 14.4. The van der Waals surface area contributed by atoms with Gasteiger partial charge in [-0.2, -0.15) is 0 Å². The molecule has 2 aromatic carbocycles. The third-order valence-corrected chi connectivity index (χ3v) is 5.58. The van der Waals surface area contributed by atoms with Crippen molar-refractivity contribution < 1.29 is 0 Å². The third kappa shape index (κ3) is 5.10. The van der Waals surface area contributed by atoms with Gasteiger partial charge in [0, 0.05) is 19.4 Å². The molecule has 0 fully saturated rings. The lowest BCUT2D eigenvalue weighted by atomic mass is 9.87. The first-order valence-corrected chi connectivity index (χ1v) is 9.35. The van der Waals surface area contributed by atoms with Crippen LogP contribution in [0.1, 0.15) is 47.1 Å². The summed E-state index contributed by atoms with van der Waals surface area (Å²) in [5.41, 5.74) is 1.57. The van der Waals surface area contributed by atoms with Crippen molar-refractivity contribution in [2.45, 2.75) is 66.4 Å². The minimum absolute atomic E-state index is 0.178. The number of rotatable bonds is 3. The lowest BCUT2D eigenvalue weighted by Crippen LogP contribution is -2.12. The Hall–Kier alpha value is -0.860. The van der Waals surface area contributed by atoms with Gasteiger partial charge in [0.05, 0.1) is 0 Å². The molecule has 0 aliphatic heterocycles. The topological polar surface area (TPSA) is 0 Å². The Morgan fingerprint density at radius 3 is 1.91 bits per heavy atom. The molecule has 22 heavy (non-hydrogen) atoms. The molecular formula is C20H26S2. The van der Waals surface area contributed by atoms with Crippen LogP contribution in [0.3, 0.4) is 0 Å². The SMILES string of the molecule is CC(C)(C)Sc1ccc(C(C)(C)C)cc1Sc1ccccc1. The van der Waals surface area contributed by atoms with E-state index in [0.717, 1.165) is 0 Å². The lowest BCUT2D eigenvalue weighted by molar-refractivity contribution is 0.587. The summed E-state index contributed by atoms with van der Waals surface area (Å²) in [5, 5.41) is 0. The van der Waals surface area contributed by atoms with Gasteiger partial charge in [0.2, 0.25) is 0 Å². The molecule has 0 unspecified atom stereocenters. The van der Waals surface area contributed by atoms with E-state index in [4.69, 9.17) is 0 Å². The van der Waals surface area contributed by atoms with Gasteiger partial charge in [-0.1, -0.05) is 77.6 Å². The van der Waals surface area contributed by atoms with Crippen LogP contribution in [-0.2, 0) is 5.41 Å². The highest BCUT2D eigenvalue weighted by Crippen LogP contribution is 2.42. The van der Waals surface area contributed by atoms with Gasteiger partial charge in [0.1, 0.15) is 0 Å². The highest BCUT2D eigenvalue weighted by Gasteiger charge is 2.19. The number of hydrogen-bond donors (Lipinski definition) is 0. The molecule has 2 rings (SSSR count). The van der Waals surface area contributed by atoms with Crippen molar-refractivity contribution in [1.29, 1.82) is 0 Å². The average Bonchev–Trinajstić information content (AvgIpc) is 2.39. The summed E-state index contributed by atoms with van der Waals surface area (Å²) in [6, 6.07) is 17.6. The molecule has 0 saturated heterocycles. The van der Waals surface area contributed by atoms with E-state index in [1.807, 2.05) is 23.5 Å². The summed E-state index contributed by atoms with van der Waals surface area (Å²) in [7, 11) is 0. The van der Waals surface area contributed by atoms with E-state index in [2.05, 4.69) is 90.1 Å². The standard InChI is InChI=1S/C20H26S2/c1-19(2,3)15-12-13-17(22-20(4,5)6)18(14-15)21-16-10-8-7-9-11-16/h7-14H,1-6H3. The van der Waals surface area contributed by atoms with Crippen LogP contribution < -0.4 is 0 Å². The molecule has 0 heterocycles. The second-order valence-electron chi connectivity index (χ2n) is 7.54. The second-order valence-corrected chi connectivity index (χ2v) is 10.5. The van der Waals surface area contributed by atoms with Crippen molar-refractivity contribution in [3.05, 3.63) is 54.1 Å². The van der Waals surface area contributed by atoms with Gasteiger partial charge in [-0.3, -0.25) is 0 Å². The molecule has 0 nitrogen and oxygen atoms in total. The van der Waals surface area contributed by atoms with E-state index in [1.165, 1.54) is 20.2 Å². The van der Waals surface area contributed by atoms with E-state index >= 15 is 0 Å². The number of benzene rings is 2. The van der Waals surface area contributed by atoms with Gasteiger partial charge < -0.3 is 0 Å². The molecule has 0 amide bonds. The fraction of sp³-hybridized carbons (Fsp3) is 0.400. The van der Waals surface area contributed by atoms with Gasteiger partial charge in [-0.15, -0.1) is 11.8 Å². The van der Waals surface area contributed by atoms with Crippen molar-refractivity contribution in [3.63, 3.8) is 0 Å². The molecule has 0 spiro atoms. The van der Waals surface area contributed by atoms with Crippen LogP contribution in [0.4, 0.5) is 0 Å². The highest BCUT2D eigenvalue weighted by atomic mass is 32.2. The molecule has 0 aliphatic rings. The second kappa shape index (κ2) is 6.72. The normalized spacial score (nSPS) is 12.5. The van der Waals surface area contributed by atoms with Crippen molar-refractivity contribution in [3.8, 4) is 0 Å². The Morgan fingerprint density at radius 2 is 1.36 bits per heavy atom. The minimum atomic E-state index is 0.178. The molecule has 2 aromatic rings. The van der Waals surface area contributed by atoms with Gasteiger partial charge in [0.25, 0.3) is 0 Å². The van der Waals surface area contributed by atoms with Crippen LogP contribution in [0.15, 0.2) is 63.2 Å². The molecule has 2 heteroatoms. The Bertz CT molecular complexity index is 616. The van der Waals surface area contributed by atoms with E-state index in [1.54, 1.807) is 0 Å². The lowest BCUT2D eigenvalue weighted by Gasteiger charge is -2.24. The third-order valence-electron chi connectivity index (χ3n) is 3.20. The van der Waals surface area contributed by atoms with Gasteiger partial charge >= 0.3 is 0 Å². The fourth-order valence-corrected chi connectivity index (χ4v) is 4.19. The molecule has 0 N–H and O–H groups in total. The monoisotopic (exact) mass is 330 g/mol. The van der Waals surface area contributed by atoms with E-state index in [-0.39, 0.29) is 10.2 Å².